The number of aryl methyl sites for hydroxylation is 1. The average Bonchev–Trinajstić information content (AvgIpc) is 2.37. The van der Waals surface area contributed by atoms with Crippen LogP contribution in [0.1, 0.15) is 11.1 Å². The Labute approximate surface area is 134 Å². The second kappa shape index (κ2) is 6.55. The molecular weight excluding hydrogens is 394 g/mol. The van der Waals surface area contributed by atoms with Crippen molar-refractivity contribution in [3.05, 3.63) is 57.2 Å². The first-order chi connectivity index (χ1) is 9.85. The van der Waals surface area contributed by atoms with Crippen molar-refractivity contribution in [2.24, 2.45) is 0 Å². The van der Waals surface area contributed by atoms with Crippen LogP contribution in [0.15, 0.2) is 42.5 Å². The third kappa shape index (κ3) is 4.80. The highest BCUT2D eigenvalue weighted by molar-refractivity contribution is 14.1. The molecule has 6 heteroatoms. The van der Waals surface area contributed by atoms with E-state index in [0.717, 1.165) is 14.8 Å². The van der Waals surface area contributed by atoms with Crippen molar-refractivity contribution >= 4 is 28.3 Å². The summed E-state index contributed by atoms with van der Waals surface area (Å²) in [6, 6.07) is 12.0. The van der Waals surface area contributed by atoms with Gasteiger partial charge in [-0.2, -0.15) is 0 Å². The Kier molecular flexibility index (Phi) is 4.97. The SMILES string of the molecule is Cc1cc(I)ccc1NCc1ccccc1OC(F)(F)F. The van der Waals surface area contributed by atoms with Crippen molar-refractivity contribution < 1.29 is 17.9 Å². The predicted octanol–water partition coefficient (Wildman–Crippen LogP) is 5.11. The average molecular weight is 407 g/mol. The van der Waals surface area contributed by atoms with E-state index in [1.807, 2.05) is 25.1 Å². The minimum absolute atomic E-state index is 0.180. The number of alkyl halides is 3. The smallest absolute Gasteiger partial charge is 0.405 e. The lowest BCUT2D eigenvalue weighted by atomic mass is 10.1. The molecule has 0 radical (unpaired) electrons. The Morgan fingerprint density at radius 3 is 2.52 bits per heavy atom. The molecule has 0 atom stereocenters. The van der Waals surface area contributed by atoms with Crippen molar-refractivity contribution in [1.82, 2.24) is 0 Å². The summed E-state index contributed by atoms with van der Waals surface area (Å²) in [6.07, 6.45) is -4.69. The summed E-state index contributed by atoms with van der Waals surface area (Å²) in [4.78, 5) is 0. The Morgan fingerprint density at radius 2 is 1.86 bits per heavy atom. The zero-order valence-electron chi connectivity index (χ0n) is 11.2. The fourth-order valence-corrected chi connectivity index (χ4v) is 2.54. The van der Waals surface area contributed by atoms with Gasteiger partial charge in [-0.05, 0) is 59.3 Å². The van der Waals surface area contributed by atoms with E-state index in [4.69, 9.17) is 0 Å². The molecule has 0 bridgehead atoms. The third-order valence-corrected chi connectivity index (χ3v) is 3.53. The van der Waals surface area contributed by atoms with E-state index in [-0.39, 0.29) is 12.3 Å². The van der Waals surface area contributed by atoms with E-state index < -0.39 is 6.36 Å². The van der Waals surface area contributed by atoms with E-state index in [0.29, 0.717) is 5.56 Å². The second-order valence-electron chi connectivity index (χ2n) is 4.47. The molecule has 0 saturated carbocycles. The maximum atomic E-state index is 12.3. The number of halogens is 4. The molecule has 0 fully saturated rings. The van der Waals surface area contributed by atoms with Gasteiger partial charge in [-0.3, -0.25) is 0 Å². The maximum absolute atomic E-state index is 12.3. The Hall–Kier alpha value is -1.44. The van der Waals surface area contributed by atoms with Crippen LogP contribution in [-0.2, 0) is 6.54 Å². The standard InChI is InChI=1S/C15H13F3INO/c1-10-8-12(19)6-7-13(10)20-9-11-4-2-3-5-14(11)21-15(16,17)18/h2-8,20H,9H2,1H3. The summed E-state index contributed by atoms with van der Waals surface area (Å²) >= 11 is 2.21. The molecule has 0 unspecified atom stereocenters. The number of para-hydroxylation sites is 1. The van der Waals surface area contributed by atoms with E-state index in [1.165, 1.54) is 12.1 Å². The van der Waals surface area contributed by atoms with Crippen LogP contribution in [0.4, 0.5) is 18.9 Å². The number of nitrogens with one attached hydrogen (secondary N) is 1. The fraction of sp³-hybridized carbons (Fsp3) is 0.200. The fourth-order valence-electron chi connectivity index (χ4n) is 1.89. The molecule has 21 heavy (non-hydrogen) atoms. The van der Waals surface area contributed by atoms with Gasteiger partial charge in [-0.1, -0.05) is 18.2 Å². The number of anilines is 1. The van der Waals surface area contributed by atoms with Gasteiger partial charge in [0.1, 0.15) is 5.75 Å². The van der Waals surface area contributed by atoms with Crippen LogP contribution in [0.2, 0.25) is 0 Å². The number of ether oxygens (including phenoxy) is 1. The van der Waals surface area contributed by atoms with Gasteiger partial charge in [0.15, 0.2) is 0 Å². The number of hydrogen-bond donors (Lipinski definition) is 1. The van der Waals surface area contributed by atoms with Crippen molar-refractivity contribution in [3.8, 4) is 5.75 Å². The topological polar surface area (TPSA) is 21.3 Å². The predicted molar refractivity (Wildman–Crippen MR) is 84.3 cm³/mol. The summed E-state index contributed by atoms with van der Waals surface area (Å²) in [6.45, 7) is 2.20. The molecule has 2 nitrogen and oxygen atoms in total. The molecule has 0 aliphatic carbocycles. The zero-order valence-corrected chi connectivity index (χ0v) is 13.3. The first kappa shape index (κ1) is 15.9. The Balaban J connectivity index is 2.13. The zero-order chi connectivity index (χ0) is 15.5. The summed E-state index contributed by atoms with van der Waals surface area (Å²) in [5.74, 6) is -0.180. The van der Waals surface area contributed by atoms with Gasteiger partial charge in [0.05, 0.1) is 0 Å². The van der Waals surface area contributed by atoms with Crippen LogP contribution < -0.4 is 10.1 Å². The van der Waals surface area contributed by atoms with Crippen LogP contribution in [0.25, 0.3) is 0 Å². The highest BCUT2D eigenvalue weighted by Crippen LogP contribution is 2.27. The van der Waals surface area contributed by atoms with Gasteiger partial charge in [0.2, 0.25) is 0 Å². The Bertz CT molecular complexity index is 629. The minimum Gasteiger partial charge on any atom is -0.405 e. The molecule has 0 spiro atoms. The molecule has 0 aliphatic heterocycles. The molecule has 1 N–H and O–H groups in total. The molecule has 0 saturated heterocycles. The molecule has 2 rings (SSSR count). The molecule has 0 aliphatic rings. The molecule has 0 amide bonds. The van der Waals surface area contributed by atoms with Crippen LogP contribution >= 0.6 is 22.6 Å². The van der Waals surface area contributed by atoms with Crippen molar-refractivity contribution in [2.75, 3.05) is 5.32 Å². The lowest BCUT2D eigenvalue weighted by molar-refractivity contribution is -0.274. The summed E-state index contributed by atoms with van der Waals surface area (Å²) in [5.41, 5.74) is 2.38. The van der Waals surface area contributed by atoms with E-state index in [9.17, 15) is 13.2 Å². The quantitative estimate of drug-likeness (QED) is 0.712. The van der Waals surface area contributed by atoms with Crippen LogP contribution in [0.3, 0.4) is 0 Å². The largest absolute Gasteiger partial charge is 0.573 e. The van der Waals surface area contributed by atoms with Crippen molar-refractivity contribution in [3.63, 3.8) is 0 Å². The van der Waals surface area contributed by atoms with Crippen LogP contribution in [0, 0.1) is 10.5 Å². The van der Waals surface area contributed by atoms with E-state index >= 15 is 0 Å². The summed E-state index contributed by atoms with van der Waals surface area (Å²) in [7, 11) is 0. The monoisotopic (exact) mass is 407 g/mol. The normalized spacial score (nSPS) is 11.3. The van der Waals surface area contributed by atoms with Gasteiger partial charge < -0.3 is 10.1 Å². The number of benzene rings is 2. The van der Waals surface area contributed by atoms with Crippen molar-refractivity contribution in [2.45, 2.75) is 19.8 Å². The van der Waals surface area contributed by atoms with Crippen LogP contribution in [0.5, 0.6) is 5.75 Å². The Morgan fingerprint density at radius 1 is 1.14 bits per heavy atom. The molecule has 2 aromatic carbocycles. The molecule has 112 valence electrons. The lowest BCUT2D eigenvalue weighted by Crippen LogP contribution is -2.18. The first-order valence-corrected chi connectivity index (χ1v) is 7.27. The highest BCUT2D eigenvalue weighted by atomic mass is 127. The second-order valence-corrected chi connectivity index (χ2v) is 5.71. The molecular formula is C15H13F3INO. The highest BCUT2D eigenvalue weighted by Gasteiger charge is 2.31. The minimum atomic E-state index is -4.69. The maximum Gasteiger partial charge on any atom is 0.573 e. The van der Waals surface area contributed by atoms with Gasteiger partial charge in [0.25, 0.3) is 0 Å². The summed E-state index contributed by atoms with van der Waals surface area (Å²) < 4.78 is 42.2. The number of rotatable bonds is 4. The van der Waals surface area contributed by atoms with Crippen LogP contribution in [-0.4, -0.2) is 6.36 Å². The summed E-state index contributed by atoms with van der Waals surface area (Å²) in [5, 5.41) is 3.13. The van der Waals surface area contributed by atoms with Gasteiger partial charge in [-0.15, -0.1) is 13.2 Å². The van der Waals surface area contributed by atoms with Crippen molar-refractivity contribution in [1.29, 1.82) is 0 Å². The van der Waals surface area contributed by atoms with Gasteiger partial charge in [-0.25, -0.2) is 0 Å². The first-order valence-electron chi connectivity index (χ1n) is 6.19. The molecule has 2 aromatic rings. The van der Waals surface area contributed by atoms with Gasteiger partial charge >= 0.3 is 6.36 Å². The number of hydrogen-bond acceptors (Lipinski definition) is 2. The van der Waals surface area contributed by atoms with Gasteiger partial charge in [0, 0.05) is 21.4 Å². The van der Waals surface area contributed by atoms with E-state index in [1.54, 1.807) is 12.1 Å². The molecule has 0 heterocycles. The lowest BCUT2D eigenvalue weighted by Gasteiger charge is -2.15. The molecule has 0 aromatic heterocycles. The van der Waals surface area contributed by atoms with E-state index in [2.05, 4.69) is 32.6 Å². The third-order valence-electron chi connectivity index (χ3n) is 2.86.